The van der Waals surface area contributed by atoms with Crippen molar-refractivity contribution < 1.29 is 4.79 Å². The number of likely N-dealkylation sites (tertiary alicyclic amines) is 1. The van der Waals surface area contributed by atoms with Crippen molar-refractivity contribution in [2.24, 2.45) is 0 Å². The number of thiazole rings is 1. The molecule has 0 aliphatic carbocycles. The molecule has 2 aromatic rings. The lowest BCUT2D eigenvalue weighted by Gasteiger charge is -2.32. The van der Waals surface area contributed by atoms with Gasteiger partial charge in [-0.25, -0.2) is 4.98 Å². The van der Waals surface area contributed by atoms with Crippen LogP contribution < -0.4 is 5.32 Å². The molecule has 2 aromatic heterocycles. The van der Waals surface area contributed by atoms with E-state index in [0.29, 0.717) is 6.04 Å². The highest BCUT2D eigenvalue weighted by Gasteiger charge is 2.32. The Kier molecular flexibility index (Phi) is 7.67. The fraction of sp³-hybridized carbons (Fsp3) is 0.500. The maximum absolute atomic E-state index is 12.7. The van der Waals surface area contributed by atoms with Gasteiger partial charge in [0, 0.05) is 56.3 Å². The Morgan fingerprint density at radius 3 is 2.76 bits per heavy atom. The van der Waals surface area contributed by atoms with Gasteiger partial charge in [0.2, 0.25) is 0 Å². The van der Waals surface area contributed by atoms with E-state index in [1.54, 1.807) is 17.5 Å². The number of hydrogen-bond donors (Lipinski definition) is 1. The molecule has 1 atom stereocenters. The number of aromatic nitrogens is 1. The van der Waals surface area contributed by atoms with E-state index in [1.165, 1.54) is 11.3 Å². The third kappa shape index (κ3) is 4.53. The van der Waals surface area contributed by atoms with Crippen LogP contribution in [-0.2, 0) is 0 Å². The Bertz CT molecular complexity index is 673. The van der Waals surface area contributed by atoms with Crippen molar-refractivity contribution >= 4 is 53.4 Å². The van der Waals surface area contributed by atoms with Gasteiger partial charge < -0.3 is 10.2 Å². The monoisotopic (exact) mass is 420 g/mol. The Morgan fingerprint density at radius 2 is 2.04 bits per heavy atom. The lowest BCUT2D eigenvalue weighted by atomic mass is 10.2. The third-order valence-electron chi connectivity index (χ3n) is 4.60. The molecule has 1 N–H and O–H groups in total. The van der Waals surface area contributed by atoms with Crippen LogP contribution in [0.5, 0.6) is 0 Å². The van der Waals surface area contributed by atoms with Crippen LogP contribution in [0.3, 0.4) is 0 Å². The lowest BCUT2D eigenvalue weighted by molar-refractivity contribution is 0.0778. The van der Waals surface area contributed by atoms with Crippen molar-refractivity contribution in [2.45, 2.75) is 12.5 Å². The predicted octanol–water partition coefficient (Wildman–Crippen LogP) is 2.83. The SMILES string of the molecule is Cl.Cl.O=C(c1cnc(-c2ccsc2)s1)N1CCC(N2CCNCC2)C1. The second kappa shape index (κ2) is 9.30. The summed E-state index contributed by atoms with van der Waals surface area (Å²) < 4.78 is 0. The topological polar surface area (TPSA) is 48.5 Å². The first-order valence-corrected chi connectivity index (χ1v) is 9.79. The zero-order valence-corrected chi connectivity index (χ0v) is 17.0. The molecular weight excluding hydrogens is 399 g/mol. The Balaban J connectivity index is 0.00000113. The van der Waals surface area contributed by atoms with E-state index < -0.39 is 0 Å². The van der Waals surface area contributed by atoms with Gasteiger partial charge in [-0.15, -0.1) is 36.2 Å². The van der Waals surface area contributed by atoms with Crippen LogP contribution in [0, 0.1) is 0 Å². The maximum atomic E-state index is 12.7. The van der Waals surface area contributed by atoms with Gasteiger partial charge in [0.15, 0.2) is 0 Å². The summed E-state index contributed by atoms with van der Waals surface area (Å²) in [7, 11) is 0. The Morgan fingerprint density at radius 1 is 1.24 bits per heavy atom. The minimum absolute atomic E-state index is 0. The van der Waals surface area contributed by atoms with Crippen LogP contribution in [0.2, 0.25) is 0 Å². The summed E-state index contributed by atoms with van der Waals surface area (Å²) in [4.78, 5) is 22.4. The van der Waals surface area contributed by atoms with Gasteiger partial charge in [0.25, 0.3) is 5.91 Å². The molecule has 25 heavy (non-hydrogen) atoms. The highest BCUT2D eigenvalue weighted by atomic mass is 35.5. The van der Waals surface area contributed by atoms with Crippen LogP contribution in [0.25, 0.3) is 10.6 Å². The molecule has 2 aliphatic rings. The summed E-state index contributed by atoms with van der Waals surface area (Å²) in [6.45, 7) is 6.02. The summed E-state index contributed by atoms with van der Waals surface area (Å²) >= 11 is 3.16. The van der Waals surface area contributed by atoms with E-state index >= 15 is 0 Å². The number of carbonyl (C=O) groups excluding carboxylic acids is 1. The minimum Gasteiger partial charge on any atom is -0.336 e. The molecule has 5 nitrogen and oxygen atoms in total. The minimum atomic E-state index is 0. The molecule has 0 spiro atoms. The highest BCUT2D eigenvalue weighted by molar-refractivity contribution is 7.17. The number of thiophene rings is 1. The van der Waals surface area contributed by atoms with Gasteiger partial charge in [-0.05, 0) is 17.9 Å². The molecule has 0 bridgehead atoms. The van der Waals surface area contributed by atoms with E-state index in [9.17, 15) is 4.79 Å². The van der Waals surface area contributed by atoms with Gasteiger partial charge >= 0.3 is 0 Å². The summed E-state index contributed by atoms with van der Waals surface area (Å²) in [5.74, 6) is 0.140. The highest BCUT2D eigenvalue weighted by Crippen LogP contribution is 2.28. The summed E-state index contributed by atoms with van der Waals surface area (Å²) in [6, 6.07) is 2.57. The third-order valence-corrected chi connectivity index (χ3v) is 6.32. The second-order valence-corrected chi connectivity index (χ2v) is 7.83. The molecule has 138 valence electrons. The van der Waals surface area contributed by atoms with Crippen molar-refractivity contribution in [1.29, 1.82) is 0 Å². The molecule has 2 fully saturated rings. The molecule has 9 heteroatoms. The number of rotatable bonds is 3. The van der Waals surface area contributed by atoms with Crippen molar-refractivity contribution in [3.8, 4) is 10.6 Å². The molecule has 0 saturated carbocycles. The van der Waals surface area contributed by atoms with E-state index in [-0.39, 0.29) is 30.7 Å². The average molecular weight is 421 g/mol. The van der Waals surface area contributed by atoms with Gasteiger partial charge in [0.05, 0.1) is 6.20 Å². The van der Waals surface area contributed by atoms with Crippen LogP contribution >= 0.6 is 47.5 Å². The van der Waals surface area contributed by atoms with Crippen LogP contribution in [0.15, 0.2) is 23.0 Å². The molecule has 1 amide bonds. The second-order valence-electron chi connectivity index (χ2n) is 6.02. The number of nitrogens with one attached hydrogen (secondary N) is 1. The lowest BCUT2D eigenvalue weighted by Crippen LogP contribution is -2.49. The fourth-order valence-electron chi connectivity index (χ4n) is 3.32. The number of halogens is 2. The number of hydrogen-bond acceptors (Lipinski definition) is 6. The van der Waals surface area contributed by atoms with Gasteiger partial charge in [-0.1, -0.05) is 0 Å². The number of amides is 1. The molecule has 0 aromatic carbocycles. The van der Waals surface area contributed by atoms with E-state index in [4.69, 9.17) is 0 Å². The van der Waals surface area contributed by atoms with Crippen molar-refractivity contribution in [3.05, 3.63) is 27.9 Å². The predicted molar refractivity (Wildman–Crippen MR) is 109 cm³/mol. The molecular formula is C16H22Cl2N4OS2. The first-order valence-electron chi connectivity index (χ1n) is 8.04. The molecule has 2 saturated heterocycles. The largest absolute Gasteiger partial charge is 0.336 e. The summed E-state index contributed by atoms with van der Waals surface area (Å²) in [6.07, 6.45) is 2.82. The van der Waals surface area contributed by atoms with E-state index in [2.05, 4.69) is 20.6 Å². The van der Waals surface area contributed by atoms with E-state index in [1.807, 2.05) is 16.3 Å². The van der Waals surface area contributed by atoms with Crippen LogP contribution in [-0.4, -0.2) is 66.0 Å². The number of nitrogens with zero attached hydrogens (tertiary/aromatic N) is 3. The van der Waals surface area contributed by atoms with Gasteiger partial charge in [-0.3, -0.25) is 9.69 Å². The fourth-order valence-corrected chi connectivity index (χ4v) is 4.92. The van der Waals surface area contributed by atoms with Crippen molar-refractivity contribution in [3.63, 3.8) is 0 Å². The van der Waals surface area contributed by atoms with Crippen molar-refractivity contribution in [1.82, 2.24) is 20.1 Å². The normalized spacial score (nSPS) is 20.8. The molecule has 1 unspecified atom stereocenters. The quantitative estimate of drug-likeness (QED) is 0.828. The van der Waals surface area contributed by atoms with Crippen molar-refractivity contribution in [2.75, 3.05) is 39.3 Å². The molecule has 4 heterocycles. The van der Waals surface area contributed by atoms with Crippen LogP contribution in [0.1, 0.15) is 16.1 Å². The zero-order valence-electron chi connectivity index (χ0n) is 13.7. The first-order chi connectivity index (χ1) is 11.3. The average Bonchev–Trinajstić information content (AvgIpc) is 3.35. The standard InChI is InChI=1S/C16H20N4OS2.2ClH/c21-16(14-9-18-15(23-14)12-2-8-22-11-12)20-5-1-13(10-20)19-6-3-17-4-7-19;;/h2,8-9,11,13,17H,1,3-7,10H2;2*1H. The molecule has 0 radical (unpaired) electrons. The smallest absolute Gasteiger partial charge is 0.265 e. The number of carbonyl (C=O) groups is 1. The Labute approximate surface area is 168 Å². The first kappa shape index (κ1) is 20.6. The zero-order chi connectivity index (χ0) is 15.6. The number of piperazine rings is 1. The summed E-state index contributed by atoms with van der Waals surface area (Å²) in [5, 5.41) is 8.43. The van der Waals surface area contributed by atoms with E-state index in [0.717, 1.165) is 61.1 Å². The molecule has 2 aliphatic heterocycles. The summed E-state index contributed by atoms with van der Waals surface area (Å²) in [5.41, 5.74) is 1.11. The van der Waals surface area contributed by atoms with Gasteiger partial charge in [0.1, 0.15) is 9.88 Å². The Hall–Kier alpha value is -0.700. The maximum Gasteiger partial charge on any atom is 0.265 e. The van der Waals surface area contributed by atoms with Crippen LogP contribution in [0.4, 0.5) is 0 Å². The molecule has 4 rings (SSSR count). The van der Waals surface area contributed by atoms with Gasteiger partial charge in [-0.2, -0.15) is 11.3 Å².